The number of nitriles is 1. The topological polar surface area (TPSA) is 128 Å². The van der Waals surface area contributed by atoms with E-state index in [2.05, 4.69) is 31.7 Å². The number of rotatable bonds is 6. The predicted octanol–water partition coefficient (Wildman–Crippen LogP) is 2.87. The van der Waals surface area contributed by atoms with E-state index in [9.17, 15) is 10.1 Å². The molecule has 1 amide bonds. The van der Waals surface area contributed by atoms with Crippen molar-refractivity contribution in [2.24, 2.45) is 0 Å². The van der Waals surface area contributed by atoms with E-state index in [1.165, 1.54) is 0 Å². The first kappa shape index (κ1) is 21.4. The maximum absolute atomic E-state index is 12.9. The molecule has 3 N–H and O–H groups in total. The van der Waals surface area contributed by atoms with Gasteiger partial charge in [-0.2, -0.15) is 15.2 Å². The van der Waals surface area contributed by atoms with Crippen molar-refractivity contribution in [1.29, 1.82) is 5.26 Å². The first-order valence-electron chi connectivity index (χ1n) is 10.4. The second-order valence-electron chi connectivity index (χ2n) is 7.44. The Morgan fingerprint density at radius 1 is 1.44 bits per heavy atom. The fourth-order valence-electron chi connectivity index (χ4n) is 3.71. The van der Waals surface area contributed by atoms with Crippen molar-refractivity contribution in [2.75, 3.05) is 44.0 Å². The SMILES string of the molecule is CCNc1nc(Nc2ccc(C(=O)N3CCO[C@H](C)C3)cc2OC)nc2[nH]cc(C#N)c12. The van der Waals surface area contributed by atoms with Crippen LogP contribution in [0.15, 0.2) is 24.4 Å². The van der Waals surface area contributed by atoms with Gasteiger partial charge in [0.2, 0.25) is 5.95 Å². The highest BCUT2D eigenvalue weighted by Gasteiger charge is 2.23. The van der Waals surface area contributed by atoms with Gasteiger partial charge in [-0.15, -0.1) is 0 Å². The number of aromatic amines is 1. The molecule has 1 aliphatic heterocycles. The Kier molecular flexibility index (Phi) is 6.09. The number of carbonyl (C=O) groups excluding carboxylic acids is 1. The summed E-state index contributed by atoms with van der Waals surface area (Å²) in [5.74, 6) is 1.33. The molecule has 1 saturated heterocycles. The van der Waals surface area contributed by atoms with Crippen LogP contribution in [0.1, 0.15) is 29.8 Å². The average molecular weight is 435 g/mol. The lowest BCUT2D eigenvalue weighted by atomic mass is 10.1. The molecule has 0 saturated carbocycles. The van der Waals surface area contributed by atoms with Crippen molar-refractivity contribution in [3.63, 3.8) is 0 Å². The number of hydrogen-bond acceptors (Lipinski definition) is 8. The largest absolute Gasteiger partial charge is 0.495 e. The number of benzene rings is 1. The number of hydrogen-bond donors (Lipinski definition) is 3. The molecule has 0 bridgehead atoms. The third kappa shape index (κ3) is 4.15. The van der Waals surface area contributed by atoms with Crippen molar-refractivity contribution in [2.45, 2.75) is 20.0 Å². The maximum atomic E-state index is 12.9. The summed E-state index contributed by atoms with van der Waals surface area (Å²) >= 11 is 0. The van der Waals surface area contributed by atoms with E-state index in [0.717, 1.165) is 0 Å². The lowest BCUT2D eigenvalue weighted by Gasteiger charge is -2.31. The molecular weight excluding hydrogens is 410 g/mol. The zero-order chi connectivity index (χ0) is 22.7. The molecule has 4 rings (SSSR count). The molecule has 0 unspecified atom stereocenters. The van der Waals surface area contributed by atoms with Gasteiger partial charge in [0, 0.05) is 31.4 Å². The van der Waals surface area contributed by atoms with Gasteiger partial charge in [-0.1, -0.05) is 0 Å². The molecule has 1 aromatic carbocycles. The van der Waals surface area contributed by atoms with Crippen molar-refractivity contribution in [3.05, 3.63) is 35.5 Å². The second-order valence-corrected chi connectivity index (χ2v) is 7.44. The molecule has 10 heteroatoms. The highest BCUT2D eigenvalue weighted by molar-refractivity contribution is 5.96. The zero-order valence-corrected chi connectivity index (χ0v) is 18.2. The normalized spacial score (nSPS) is 15.9. The van der Waals surface area contributed by atoms with E-state index in [0.29, 0.717) is 71.6 Å². The summed E-state index contributed by atoms with van der Waals surface area (Å²) in [7, 11) is 1.55. The molecule has 0 radical (unpaired) electrons. The summed E-state index contributed by atoms with van der Waals surface area (Å²) in [6, 6.07) is 7.37. The van der Waals surface area contributed by atoms with Crippen molar-refractivity contribution >= 4 is 34.4 Å². The lowest BCUT2D eigenvalue weighted by molar-refractivity contribution is -0.0124. The van der Waals surface area contributed by atoms with Crippen molar-refractivity contribution in [3.8, 4) is 11.8 Å². The summed E-state index contributed by atoms with van der Waals surface area (Å²) < 4.78 is 11.0. The van der Waals surface area contributed by atoms with Crippen molar-refractivity contribution < 1.29 is 14.3 Å². The molecule has 1 aliphatic rings. The first-order valence-corrected chi connectivity index (χ1v) is 10.4. The van der Waals surface area contributed by atoms with E-state index in [-0.39, 0.29) is 12.0 Å². The van der Waals surface area contributed by atoms with E-state index in [1.807, 2.05) is 13.8 Å². The molecule has 10 nitrogen and oxygen atoms in total. The van der Waals surface area contributed by atoms with Crippen molar-refractivity contribution in [1.82, 2.24) is 19.9 Å². The molecule has 1 fully saturated rings. The van der Waals surface area contributed by atoms with E-state index in [1.54, 1.807) is 36.4 Å². The second kappa shape index (κ2) is 9.11. The number of nitrogens with one attached hydrogen (secondary N) is 3. The summed E-state index contributed by atoms with van der Waals surface area (Å²) in [6.07, 6.45) is 1.63. The fraction of sp³-hybridized carbons (Fsp3) is 0.364. The standard InChI is InChI=1S/C22H25N7O3/c1-4-24-19-18-15(10-23)11-25-20(18)28-22(27-19)26-16-6-5-14(9-17(16)31-3)21(30)29-7-8-32-13(2)12-29/h5-6,9,11,13H,4,7-8,12H2,1-3H3,(H3,24,25,26,27,28)/t13-/m1/s1. The number of aromatic nitrogens is 3. The summed E-state index contributed by atoms with van der Waals surface area (Å²) in [4.78, 5) is 26.7. The van der Waals surface area contributed by atoms with Crippen LogP contribution in [0, 0.1) is 11.3 Å². The van der Waals surface area contributed by atoms with Gasteiger partial charge in [0.25, 0.3) is 5.91 Å². The van der Waals surface area contributed by atoms with Gasteiger partial charge >= 0.3 is 0 Å². The highest BCUT2D eigenvalue weighted by Crippen LogP contribution is 2.31. The molecule has 2 aromatic heterocycles. The quantitative estimate of drug-likeness (QED) is 0.539. The molecule has 0 aliphatic carbocycles. The van der Waals surface area contributed by atoms with E-state index in [4.69, 9.17) is 9.47 Å². The molecule has 1 atom stereocenters. The number of carbonyl (C=O) groups is 1. The number of fused-ring (bicyclic) bond motifs is 1. The maximum Gasteiger partial charge on any atom is 0.254 e. The third-order valence-electron chi connectivity index (χ3n) is 5.22. The molecule has 3 heterocycles. The summed E-state index contributed by atoms with van der Waals surface area (Å²) in [5, 5.41) is 16.3. The first-order chi connectivity index (χ1) is 15.5. The number of anilines is 3. The Hall–Kier alpha value is -3.84. The third-order valence-corrected chi connectivity index (χ3v) is 5.22. The lowest BCUT2D eigenvalue weighted by Crippen LogP contribution is -2.44. The minimum Gasteiger partial charge on any atom is -0.495 e. The van der Waals surface area contributed by atoms with Crippen LogP contribution in [0.5, 0.6) is 5.75 Å². The smallest absolute Gasteiger partial charge is 0.254 e. The number of methoxy groups -OCH3 is 1. The number of amides is 1. The van der Waals surface area contributed by atoms with Gasteiger partial charge in [-0.3, -0.25) is 4.79 Å². The van der Waals surface area contributed by atoms with Crippen LogP contribution in [0.4, 0.5) is 17.5 Å². The number of morpholine rings is 1. The Morgan fingerprint density at radius 2 is 2.28 bits per heavy atom. The van der Waals surface area contributed by atoms with Gasteiger partial charge in [0.05, 0.1) is 36.5 Å². The molecule has 166 valence electrons. The summed E-state index contributed by atoms with van der Waals surface area (Å²) in [5.41, 5.74) is 2.17. The van der Waals surface area contributed by atoms with Crippen LogP contribution in [0.3, 0.4) is 0 Å². The van der Waals surface area contributed by atoms with E-state index >= 15 is 0 Å². The summed E-state index contributed by atoms with van der Waals surface area (Å²) in [6.45, 7) is 6.20. The monoisotopic (exact) mass is 435 g/mol. The van der Waals surface area contributed by atoms with Gasteiger partial charge < -0.3 is 30.0 Å². The van der Waals surface area contributed by atoms with E-state index < -0.39 is 0 Å². The molecule has 0 spiro atoms. The van der Waals surface area contributed by atoms with Gasteiger partial charge in [0.1, 0.15) is 23.3 Å². The minimum atomic E-state index is -0.0625. The van der Waals surface area contributed by atoms with Gasteiger partial charge in [0.15, 0.2) is 0 Å². The average Bonchev–Trinajstić information content (AvgIpc) is 3.22. The Morgan fingerprint density at radius 3 is 3.00 bits per heavy atom. The van der Waals surface area contributed by atoms with Crippen LogP contribution in [-0.2, 0) is 4.74 Å². The Balaban J connectivity index is 1.62. The number of nitrogens with zero attached hydrogens (tertiary/aromatic N) is 4. The van der Waals surface area contributed by atoms with Gasteiger partial charge in [-0.05, 0) is 32.0 Å². The highest BCUT2D eigenvalue weighted by atomic mass is 16.5. The predicted molar refractivity (Wildman–Crippen MR) is 120 cm³/mol. The van der Waals surface area contributed by atoms with Crippen LogP contribution in [0.25, 0.3) is 11.0 Å². The number of H-pyrrole nitrogens is 1. The fourth-order valence-corrected chi connectivity index (χ4v) is 3.71. The molecule has 32 heavy (non-hydrogen) atoms. The molecule has 3 aromatic rings. The van der Waals surface area contributed by atoms with Crippen LogP contribution in [0.2, 0.25) is 0 Å². The van der Waals surface area contributed by atoms with Crippen LogP contribution >= 0.6 is 0 Å². The van der Waals surface area contributed by atoms with Crippen LogP contribution < -0.4 is 15.4 Å². The minimum absolute atomic E-state index is 0.0167. The zero-order valence-electron chi connectivity index (χ0n) is 18.2. The molecular formula is C22H25N7O3. The number of ether oxygens (including phenoxy) is 2. The Labute approximate surface area is 185 Å². The Bertz CT molecular complexity index is 1180. The van der Waals surface area contributed by atoms with Gasteiger partial charge in [-0.25, -0.2) is 0 Å². The van der Waals surface area contributed by atoms with Crippen LogP contribution in [-0.4, -0.2) is 65.2 Å².